The van der Waals surface area contributed by atoms with Gasteiger partial charge >= 0.3 is 6.03 Å². The van der Waals surface area contributed by atoms with Gasteiger partial charge in [0.05, 0.1) is 5.69 Å². The molecule has 2 aromatic carbocycles. The van der Waals surface area contributed by atoms with Crippen molar-refractivity contribution >= 4 is 11.7 Å². The van der Waals surface area contributed by atoms with Gasteiger partial charge in [-0.05, 0) is 61.2 Å². The van der Waals surface area contributed by atoms with E-state index in [1.165, 1.54) is 30.5 Å². The van der Waals surface area contributed by atoms with Crippen LogP contribution in [0.5, 0.6) is 0 Å². The van der Waals surface area contributed by atoms with E-state index in [-0.39, 0.29) is 11.8 Å². The highest BCUT2D eigenvalue weighted by molar-refractivity contribution is 5.94. The van der Waals surface area contributed by atoms with Crippen molar-refractivity contribution in [3.63, 3.8) is 0 Å². The standard InChI is InChI=1S/C21H24FN3O/c22-19-8-7-16-9-12-25(20(16)13-19)21(26)23-14-17-5-1-2-6-18(17)15-24-10-3-4-11-24/h1-2,5-8,13H,3-4,9-12,14-15H2,(H,23,26). The predicted octanol–water partition coefficient (Wildman–Crippen LogP) is 3.69. The lowest BCUT2D eigenvalue weighted by Gasteiger charge is -2.20. The number of halogens is 1. The number of nitrogens with zero attached hydrogens (tertiary/aromatic N) is 2. The van der Waals surface area contributed by atoms with Crippen LogP contribution in [-0.4, -0.2) is 30.6 Å². The molecule has 2 aromatic rings. The largest absolute Gasteiger partial charge is 0.334 e. The summed E-state index contributed by atoms with van der Waals surface area (Å²) in [7, 11) is 0. The van der Waals surface area contributed by atoms with Crippen LogP contribution in [0.3, 0.4) is 0 Å². The summed E-state index contributed by atoms with van der Waals surface area (Å²) in [5.41, 5.74) is 4.12. The van der Waals surface area contributed by atoms with Crippen molar-refractivity contribution in [2.75, 3.05) is 24.5 Å². The molecule has 0 spiro atoms. The lowest BCUT2D eigenvalue weighted by Crippen LogP contribution is -2.38. The van der Waals surface area contributed by atoms with Gasteiger partial charge in [0.15, 0.2) is 0 Å². The monoisotopic (exact) mass is 353 g/mol. The van der Waals surface area contributed by atoms with E-state index in [0.29, 0.717) is 18.8 Å². The number of rotatable bonds is 4. The molecule has 0 atom stereocenters. The predicted molar refractivity (Wildman–Crippen MR) is 101 cm³/mol. The second-order valence-electron chi connectivity index (χ2n) is 7.09. The van der Waals surface area contributed by atoms with Crippen LogP contribution in [0.2, 0.25) is 0 Å². The maximum Gasteiger partial charge on any atom is 0.322 e. The van der Waals surface area contributed by atoms with Crippen LogP contribution in [0.1, 0.15) is 29.5 Å². The molecule has 2 amide bonds. The molecule has 1 fully saturated rings. The van der Waals surface area contributed by atoms with Gasteiger partial charge in [0, 0.05) is 19.6 Å². The highest BCUT2D eigenvalue weighted by atomic mass is 19.1. The quantitative estimate of drug-likeness (QED) is 0.910. The Morgan fingerprint density at radius 3 is 2.62 bits per heavy atom. The minimum atomic E-state index is -0.306. The van der Waals surface area contributed by atoms with Crippen molar-refractivity contribution in [1.82, 2.24) is 10.2 Å². The van der Waals surface area contributed by atoms with E-state index in [2.05, 4.69) is 28.4 Å². The van der Waals surface area contributed by atoms with Crippen molar-refractivity contribution in [3.05, 3.63) is 65.0 Å². The van der Waals surface area contributed by atoms with E-state index in [1.54, 1.807) is 11.0 Å². The molecule has 2 aliphatic rings. The smallest absolute Gasteiger partial charge is 0.322 e. The van der Waals surface area contributed by atoms with E-state index in [0.717, 1.165) is 37.2 Å². The number of hydrogen-bond acceptors (Lipinski definition) is 2. The van der Waals surface area contributed by atoms with Crippen molar-refractivity contribution in [1.29, 1.82) is 0 Å². The zero-order valence-electron chi connectivity index (χ0n) is 14.9. The van der Waals surface area contributed by atoms with Gasteiger partial charge in [-0.3, -0.25) is 9.80 Å². The molecule has 0 aromatic heterocycles. The van der Waals surface area contributed by atoms with Gasteiger partial charge in [0.1, 0.15) is 5.82 Å². The molecule has 0 radical (unpaired) electrons. The molecular weight excluding hydrogens is 329 g/mol. The fourth-order valence-corrected chi connectivity index (χ4v) is 3.90. The van der Waals surface area contributed by atoms with E-state index in [9.17, 15) is 9.18 Å². The van der Waals surface area contributed by atoms with E-state index in [1.807, 2.05) is 6.07 Å². The molecular formula is C21H24FN3O. The van der Waals surface area contributed by atoms with Crippen LogP contribution in [0.25, 0.3) is 0 Å². The van der Waals surface area contributed by atoms with Gasteiger partial charge in [-0.25, -0.2) is 9.18 Å². The lowest BCUT2D eigenvalue weighted by atomic mass is 10.1. The van der Waals surface area contributed by atoms with Gasteiger partial charge in [-0.15, -0.1) is 0 Å². The number of fused-ring (bicyclic) bond motifs is 1. The Morgan fingerprint density at radius 2 is 1.81 bits per heavy atom. The first-order valence-electron chi connectivity index (χ1n) is 9.33. The topological polar surface area (TPSA) is 35.6 Å². The SMILES string of the molecule is O=C(NCc1ccccc1CN1CCCC1)N1CCc2ccc(F)cc21. The van der Waals surface area contributed by atoms with Crippen LogP contribution in [-0.2, 0) is 19.5 Å². The van der Waals surface area contributed by atoms with Crippen LogP contribution in [0, 0.1) is 5.82 Å². The fourth-order valence-electron chi connectivity index (χ4n) is 3.90. The minimum absolute atomic E-state index is 0.162. The summed E-state index contributed by atoms with van der Waals surface area (Å²) in [6.45, 7) is 4.32. The van der Waals surface area contributed by atoms with Crippen molar-refractivity contribution < 1.29 is 9.18 Å². The van der Waals surface area contributed by atoms with Gasteiger partial charge in [-0.1, -0.05) is 30.3 Å². The van der Waals surface area contributed by atoms with E-state index < -0.39 is 0 Å². The Labute approximate surface area is 153 Å². The first-order valence-corrected chi connectivity index (χ1v) is 9.33. The molecule has 2 aliphatic heterocycles. The molecule has 0 bridgehead atoms. The number of urea groups is 1. The Hall–Kier alpha value is -2.40. The lowest BCUT2D eigenvalue weighted by molar-refractivity contribution is 0.246. The Kier molecular flexibility index (Phi) is 4.89. The summed E-state index contributed by atoms with van der Waals surface area (Å²) in [4.78, 5) is 16.7. The summed E-state index contributed by atoms with van der Waals surface area (Å²) in [5.74, 6) is -0.306. The third-order valence-electron chi connectivity index (χ3n) is 5.33. The number of carbonyl (C=O) groups is 1. The fraction of sp³-hybridized carbons (Fsp3) is 0.381. The normalized spacial score (nSPS) is 16.7. The summed E-state index contributed by atoms with van der Waals surface area (Å²) in [6, 6.07) is 12.8. The van der Waals surface area contributed by atoms with Gasteiger partial charge in [0.2, 0.25) is 0 Å². The molecule has 136 valence electrons. The Morgan fingerprint density at radius 1 is 1.04 bits per heavy atom. The molecule has 1 N–H and O–H groups in total. The van der Waals surface area contributed by atoms with Crippen LogP contribution in [0.15, 0.2) is 42.5 Å². The van der Waals surface area contributed by atoms with Gasteiger partial charge in [-0.2, -0.15) is 0 Å². The number of likely N-dealkylation sites (tertiary alicyclic amines) is 1. The van der Waals surface area contributed by atoms with Crippen molar-refractivity contribution in [2.24, 2.45) is 0 Å². The zero-order valence-corrected chi connectivity index (χ0v) is 14.9. The van der Waals surface area contributed by atoms with E-state index >= 15 is 0 Å². The highest BCUT2D eigenvalue weighted by Crippen LogP contribution is 2.28. The summed E-state index contributed by atoms with van der Waals surface area (Å²) in [6.07, 6.45) is 3.31. The molecule has 5 heteroatoms. The molecule has 2 heterocycles. The third kappa shape index (κ3) is 3.58. The Bertz CT molecular complexity index is 802. The molecule has 0 unspecified atom stereocenters. The summed E-state index contributed by atoms with van der Waals surface area (Å²) < 4.78 is 13.5. The molecule has 26 heavy (non-hydrogen) atoms. The molecule has 1 saturated heterocycles. The number of benzene rings is 2. The summed E-state index contributed by atoms with van der Waals surface area (Å²) in [5, 5.41) is 3.01. The van der Waals surface area contributed by atoms with E-state index in [4.69, 9.17) is 0 Å². The van der Waals surface area contributed by atoms with Crippen molar-refractivity contribution in [3.8, 4) is 0 Å². The molecule has 4 nitrogen and oxygen atoms in total. The maximum atomic E-state index is 13.5. The molecule has 4 rings (SSSR count). The number of nitrogens with one attached hydrogen (secondary N) is 1. The summed E-state index contributed by atoms with van der Waals surface area (Å²) >= 11 is 0. The Balaban J connectivity index is 1.42. The van der Waals surface area contributed by atoms with Gasteiger partial charge < -0.3 is 5.32 Å². The number of hydrogen-bond donors (Lipinski definition) is 1. The second kappa shape index (κ2) is 7.46. The zero-order chi connectivity index (χ0) is 17.9. The average Bonchev–Trinajstić information content (AvgIpc) is 3.30. The second-order valence-corrected chi connectivity index (χ2v) is 7.09. The van der Waals surface area contributed by atoms with Crippen molar-refractivity contribution in [2.45, 2.75) is 32.4 Å². The number of amides is 2. The highest BCUT2D eigenvalue weighted by Gasteiger charge is 2.25. The number of anilines is 1. The molecule has 0 saturated carbocycles. The molecule has 0 aliphatic carbocycles. The maximum absolute atomic E-state index is 13.5. The minimum Gasteiger partial charge on any atom is -0.334 e. The first kappa shape index (κ1) is 17.0. The number of carbonyl (C=O) groups excluding carboxylic acids is 1. The van der Waals surface area contributed by atoms with Crippen LogP contribution < -0.4 is 10.2 Å². The third-order valence-corrected chi connectivity index (χ3v) is 5.33. The van der Waals surface area contributed by atoms with Crippen LogP contribution >= 0.6 is 0 Å². The van der Waals surface area contributed by atoms with Gasteiger partial charge in [0.25, 0.3) is 0 Å². The van der Waals surface area contributed by atoms with Crippen LogP contribution in [0.4, 0.5) is 14.9 Å². The average molecular weight is 353 g/mol. The first-order chi connectivity index (χ1) is 12.7.